The van der Waals surface area contributed by atoms with E-state index in [0.717, 1.165) is 17.6 Å². The molecule has 7 heteroatoms. The fourth-order valence-corrected chi connectivity index (χ4v) is 3.41. The van der Waals surface area contributed by atoms with Gasteiger partial charge in [0, 0.05) is 24.5 Å². The highest BCUT2D eigenvalue weighted by atomic mass is 16.6. The van der Waals surface area contributed by atoms with Crippen molar-refractivity contribution in [3.8, 4) is 0 Å². The van der Waals surface area contributed by atoms with Crippen molar-refractivity contribution < 1.29 is 33.7 Å². The van der Waals surface area contributed by atoms with Crippen LogP contribution in [-0.2, 0) is 28.6 Å². The number of allylic oxidation sites excluding steroid dienone is 1. The van der Waals surface area contributed by atoms with E-state index >= 15 is 0 Å². The van der Waals surface area contributed by atoms with Crippen molar-refractivity contribution in [1.82, 2.24) is 0 Å². The minimum absolute atomic E-state index is 0.109. The molecule has 0 spiro atoms. The number of hydrogen-bond acceptors (Lipinski definition) is 7. The molecule has 1 saturated heterocycles. The summed E-state index contributed by atoms with van der Waals surface area (Å²) in [6.07, 6.45) is 5.67. The molecule has 3 unspecified atom stereocenters. The highest BCUT2D eigenvalue weighted by Crippen LogP contribution is 2.36. The monoisotopic (exact) mass is 404 g/mol. The van der Waals surface area contributed by atoms with Crippen molar-refractivity contribution >= 4 is 17.9 Å². The molecule has 0 saturated carbocycles. The standard InChI is InChI=1S/C22H28O7/c1-13-6-5-7-17(12-27-16(4)24)11-19-20(15(3)22(26)29-19)18(10-13)28-21(25)14(2)8-9-23/h6,8,11,18-20,23H,3,5,7,9-10,12H2,1-2,4H3. The molecule has 0 radical (unpaired) electrons. The van der Waals surface area contributed by atoms with Crippen LogP contribution in [0, 0.1) is 5.92 Å². The third-order valence-electron chi connectivity index (χ3n) is 4.98. The number of carbonyl (C=O) groups is 3. The highest BCUT2D eigenvalue weighted by molar-refractivity contribution is 5.92. The van der Waals surface area contributed by atoms with Crippen molar-refractivity contribution in [2.45, 2.75) is 52.2 Å². The lowest BCUT2D eigenvalue weighted by Gasteiger charge is -2.27. The number of carbonyl (C=O) groups excluding carboxylic acids is 3. The first kappa shape index (κ1) is 22.6. The molecule has 0 bridgehead atoms. The maximum Gasteiger partial charge on any atom is 0.334 e. The molecule has 1 fully saturated rings. The Bertz CT molecular complexity index is 772. The number of esters is 3. The minimum atomic E-state index is -0.661. The maximum atomic E-state index is 12.4. The molecule has 2 aliphatic rings. The zero-order valence-electron chi connectivity index (χ0n) is 17.1. The van der Waals surface area contributed by atoms with Gasteiger partial charge >= 0.3 is 17.9 Å². The smallest absolute Gasteiger partial charge is 0.334 e. The Labute approximate surface area is 170 Å². The van der Waals surface area contributed by atoms with Gasteiger partial charge in [0.2, 0.25) is 0 Å². The lowest BCUT2D eigenvalue weighted by Crippen LogP contribution is -2.33. The van der Waals surface area contributed by atoms with E-state index in [0.29, 0.717) is 12.8 Å². The van der Waals surface area contributed by atoms with E-state index in [1.807, 2.05) is 13.0 Å². The summed E-state index contributed by atoms with van der Waals surface area (Å²) in [6, 6.07) is 0. The molecule has 0 aromatic heterocycles. The fraction of sp³-hybridized carbons (Fsp3) is 0.500. The molecule has 158 valence electrons. The Morgan fingerprint density at radius 1 is 1.38 bits per heavy atom. The molecular formula is C22H28O7. The summed E-state index contributed by atoms with van der Waals surface area (Å²) in [5.41, 5.74) is 2.36. The van der Waals surface area contributed by atoms with Gasteiger partial charge in [0.15, 0.2) is 0 Å². The lowest BCUT2D eigenvalue weighted by atomic mass is 9.85. The number of aliphatic hydroxyl groups is 1. The second-order valence-electron chi connectivity index (χ2n) is 7.33. The predicted molar refractivity (Wildman–Crippen MR) is 106 cm³/mol. The van der Waals surface area contributed by atoms with Gasteiger partial charge in [0.25, 0.3) is 0 Å². The molecule has 1 N–H and O–H groups in total. The Balaban J connectivity index is 2.37. The van der Waals surface area contributed by atoms with Gasteiger partial charge < -0.3 is 19.3 Å². The molecule has 2 rings (SSSR count). The van der Waals surface area contributed by atoms with Crippen LogP contribution in [-0.4, -0.2) is 48.4 Å². The van der Waals surface area contributed by atoms with Crippen molar-refractivity contribution in [2.24, 2.45) is 5.92 Å². The predicted octanol–water partition coefficient (Wildman–Crippen LogP) is 2.55. The van der Waals surface area contributed by atoms with Gasteiger partial charge in [-0.2, -0.15) is 0 Å². The second-order valence-corrected chi connectivity index (χ2v) is 7.33. The van der Waals surface area contributed by atoms with Gasteiger partial charge in [-0.3, -0.25) is 4.79 Å². The summed E-state index contributed by atoms with van der Waals surface area (Å²) in [6.45, 7) is 8.52. The van der Waals surface area contributed by atoms with Gasteiger partial charge in [-0.05, 0) is 44.4 Å². The largest absolute Gasteiger partial charge is 0.461 e. The van der Waals surface area contributed by atoms with Crippen LogP contribution >= 0.6 is 0 Å². The summed E-state index contributed by atoms with van der Waals surface area (Å²) in [5, 5.41) is 9.01. The van der Waals surface area contributed by atoms with Crippen LogP contribution < -0.4 is 0 Å². The van der Waals surface area contributed by atoms with Gasteiger partial charge in [0.1, 0.15) is 18.8 Å². The molecule has 3 atom stereocenters. The average Bonchev–Trinajstić information content (AvgIpc) is 2.92. The molecule has 29 heavy (non-hydrogen) atoms. The number of aliphatic hydroxyl groups excluding tert-OH is 1. The summed E-state index contributed by atoms with van der Waals surface area (Å²) >= 11 is 0. The van der Waals surface area contributed by atoms with E-state index in [2.05, 4.69) is 6.58 Å². The Hall–Kier alpha value is -2.67. The van der Waals surface area contributed by atoms with E-state index in [1.165, 1.54) is 13.0 Å². The molecule has 1 aliphatic heterocycles. The van der Waals surface area contributed by atoms with Crippen LogP contribution in [0.2, 0.25) is 0 Å². The number of hydrogen-bond donors (Lipinski definition) is 1. The number of ether oxygens (including phenoxy) is 3. The SMILES string of the molecule is C=C1C(=O)OC2C=C(COC(C)=O)CCC=C(C)CC(OC(=O)C(C)=CCO)C12. The van der Waals surface area contributed by atoms with Gasteiger partial charge in [-0.1, -0.05) is 18.2 Å². The summed E-state index contributed by atoms with van der Waals surface area (Å²) < 4.78 is 16.3. The summed E-state index contributed by atoms with van der Waals surface area (Å²) in [4.78, 5) is 35.8. The normalized spacial score (nSPS) is 25.4. The third kappa shape index (κ3) is 6.15. The third-order valence-corrected chi connectivity index (χ3v) is 4.98. The molecule has 1 heterocycles. The van der Waals surface area contributed by atoms with E-state index in [9.17, 15) is 14.4 Å². The van der Waals surface area contributed by atoms with Crippen molar-refractivity contribution in [1.29, 1.82) is 0 Å². The fourth-order valence-electron chi connectivity index (χ4n) is 3.41. The first-order valence-corrected chi connectivity index (χ1v) is 9.59. The Kier molecular flexibility index (Phi) is 7.96. The zero-order valence-corrected chi connectivity index (χ0v) is 17.1. The minimum Gasteiger partial charge on any atom is -0.461 e. The first-order valence-electron chi connectivity index (χ1n) is 9.59. The highest BCUT2D eigenvalue weighted by Gasteiger charge is 2.44. The first-order chi connectivity index (χ1) is 13.7. The van der Waals surface area contributed by atoms with Crippen LogP contribution in [0.5, 0.6) is 0 Å². The van der Waals surface area contributed by atoms with E-state index < -0.39 is 36.0 Å². The summed E-state index contributed by atoms with van der Waals surface area (Å²) in [7, 11) is 0. The van der Waals surface area contributed by atoms with E-state index in [4.69, 9.17) is 19.3 Å². The quantitative estimate of drug-likeness (QED) is 0.325. The molecule has 0 aromatic carbocycles. The zero-order chi connectivity index (χ0) is 21.6. The second kappa shape index (κ2) is 10.2. The summed E-state index contributed by atoms with van der Waals surface area (Å²) in [5.74, 6) is -2.05. The molecule has 0 aromatic rings. The molecule has 1 aliphatic carbocycles. The topological polar surface area (TPSA) is 99.1 Å². The van der Waals surface area contributed by atoms with Crippen molar-refractivity contribution in [2.75, 3.05) is 13.2 Å². The number of rotatable bonds is 5. The van der Waals surface area contributed by atoms with E-state index in [1.54, 1.807) is 13.0 Å². The van der Waals surface area contributed by atoms with Gasteiger partial charge in [0.05, 0.1) is 12.5 Å². The lowest BCUT2D eigenvalue weighted by molar-refractivity contribution is -0.147. The van der Waals surface area contributed by atoms with Crippen LogP contribution in [0.1, 0.15) is 40.0 Å². The maximum absolute atomic E-state index is 12.4. The van der Waals surface area contributed by atoms with Crippen LogP contribution in [0.3, 0.4) is 0 Å². The van der Waals surface area contributed by atoms with E-state index in [-0.39, 0.29) is 24.4 Å². The van der Waals surface area contributed by atoms with Crippen molar-refractivity contribution in [3.63, 3.8) is 0 Å². The molecular weight excluding hydrogens is 376 g/mol. The van der Waals surface area contributed by atoms with Crippen LogP contribution in [0.15, 0.2) is 47.1 Å². The van der Waals surface area contributed by atoms with Crippen LogP contribution in [0.25, 0.3) is 0 Å². The van der Waals surface area contributed by atoms with Gasteiger partial charge in [-0.15, -0.1) is 0 Å². The van der Waals surface area contributed by atoms with Crippen molar-refractivity contribution in [3.05, 3.63) is 47.1 Å². The van der Waals surface area contributed by atoms with Crippen LogP contribution in [0.4, 0.5) is 0 Å². The Morgan fingerprint density at radius 3 is 2.76 bits per heavy atom. The molecule has 7 nitrogen and oxygen atoms in total. The van der Waals surface area contributed by atoms with Gasteiger partial charge in [-0.25, -0.2) is 9.59 Å². The average molecular weight is 404 g/mol. The number of fused-ring (bicyclic) bond motifs is 1. The molecule has 0 amide bonds. The Morgan fingerprint density at radius 2 is 2.10 bits per heavy atom.